The molecule has 0 heterocycles. The lowest BCUT2D eigenvalue weighted by Gasteiger charge is -2.01. The largest absolute Gasteiger partial charge is 0.296 e. The lowest BCUT2D eigenvalue weighted by Crippen LogP contribution is -2.18. The molecule has 0 saturated heterocycles. The number of hydrogen-bond donors (Lipinski definition) is 1. The standard InChI is InChI=1S/C9H12N2O2S/c1-10-7-8-3-5-9(6-4-8)14(12,13)11-2/h3-7,11H,1-2H3/b10-7+. The Labute approximate surface area is 83.7 Å². The molecule has 1 aromatic carbocycles. The molecule has 0 amide bonds. The molecule has 0 aromatic heterocycles. The highest BCUT2D eigenvalue weighted by Crippen LogP contribution is 2.08. The highest BCUT2D eigenvalue weighted by Gasteiger charge is 2.09. The van der Waals surface area contributed by atoms with E-state index in [1.165, 1.54) is 7.05 Å². The van der Waals surface area contributed by atoms with Crippen molar-refractivity contribution < 1.29 is 8.42 Å². The summed E-state index contributed by atoms with van der Waals surface area (Å²) in [6, 6.07) is 6.50. The van der Waals surface area contributed by atoms with Crippen LogP contribution in [0.3, 0.4) is 0 Å². The van der Waals surface area contributed by atoms with Crippen LogP contribution in [-0.4, -0.2) is 28.7 Å². The van der Waals surface area contributed by atoms with E-state index in [4.69, 9.17) is 0 Å². The van der Waals surface area contributed by atoms with Gasteiger partial charge in [0, 0.05) is 13.3 Å². The molecule has 0 radical (unpaired) electrons. The maximum absolute atomic E-state index is 11.3. The summed E-state index contributed by atoms with van der Waals surface area (Å²) < 4.78 is 24.9. The maximum Gasteiger partial charge on any atom is 0.240 e. The molecule has 0 atom stereocenters. The van der Waals surface area contributed by atoms with Gasteiger partial charge in [0.1, 0.15) is 0 Å². The minimum atomic E-state index is -3.32. The molecule has 0 spiro atoms. The molecule has 0 aliphatic rings. The van der Waals surface area contributed by atoms with Crippen molar-refractivity contribution in [2.45, 2.75) is 4.90 Å². The zero-order valence-corrected chi connectivity index (χ0v) is 8.88. The van der Waals surface area contributed by atoms with E-state index in [0.717, 1.165) is 5.56 Å². The molecule has 1 rings (SSSR count). The summed E-state index contributed by atoms with van der Waals surface area (Å²) in [4.78, 5) is 4.09. The Balaban J connectivity index is 3.06. The van der Waals surface area contributed by atoms with Gasteiger partial charge in [-0.15, -0.1) is 0 Å². The van der Waals surface area contributed by atoms with Crippen LogP contribution in [0.25, 0.3) is 0 Å². The third-order valence-corrected chi connectivity index (χ3v) is 3.17. The fourth-order valence-electron chi connectivity index (χ4n) is 1.000. The van der Waals surface area contributed by atoms with E-state index in [-0.39, 0.29) is 4.90 Å². The number of rotatable bonds is 3. The van der Waals surface area contributed by atoms with Gasteiger partial charge in [0.2, 0.25) is 10.0 Å². The van der Waals surface area contributed by atoms with Gasteiger partial charge in [-0.2, -0.15) is 0 Å². The van der Waals surface area contributed by atoms with Crippen molar-refractivity contribution in [2.24, 2.45) is 4.99 Å². The van der Waals surface area contributed by atoms with Gasteiger partial charge in [-0.1, -0.05) is 12.1 Å². The second-order valence-electron chi connectivity index (χ2n) is 2.66. The molecule has 14 heavy (non-hydrogen) atoms. The SMILES string of the molecule is C/N=C/c1ccc(S(=O)(=O)NC)cc1. The monoisotopic (exact) mass is 212 g/mol. The number of nitrogens with zero attached hydrogens (tertiary/aromatic N) is 1. The summed E-state index contributed by atoms with van der Waals surface area (Å²) in [6.45, 7) is 0. The molecule has 5 heteroatoms. The van der Waals surface area contributed by atoms with E-state index < -0.39 is 10.0 Å². The van der Waals surface area contributed by atoms with E-state index in [0.29, 0.717) is 0 Å². The maximum atomic E-state index is 11.3. The minimum absolute atomic E-state index is 0.258. The second kappa shape index (κ2) is 4.34. The first-order chi connectivity index (χ1) is 6.60. The highest BCUT2D eigenvalue weighted by molar-refractivity contribution is 7.89. The Kier molecular flexibility index (Phi) is 3.38. The van der Waals surface area contributed by atoms with Crippen molar-refractivity contribution in [3.05, 3.63) is 29.8 Å². The van der Waals surface area contributed by atoms with E-state index in [2.05, 4.69) is 9.71 Å². The van der Waals surface area contributed by atoms with Gasteiger partial charge >= 0.3 is 0 Å². The summed E-state index contributed by atoms with van der Waals surface area (Å²) in [5.74, 6) is 0. The van der Waals surface area contributed by atoms with Crippen molar-refractivity contribution in [2.75, 3.05) is 14.1 Å². The van der Waals surface area contributed by atoms with Crippen LogP contribution < -0.4 is 4.72 Å². The first-order valence-electron chi connectivity index (χ1n) is 4.06. The number of sulfonamides is 1. The molecule has 0 aliphatic carbocycles. The molecule has 0 unspecified atom stereocenters. The van der Waals surface area contributed by atoms with E-state index in [1.54, 1.807) is 37.5 Å². The molecule has 1 N–H and O–H groups in total. The van der Waals surface area contributed by atoms with E-state index >= 15 is 0 Å². The van der Waals surface area contributed by atoms with Crippen LogP contribution >= 0.6 is 0 Å². The van der Waals surface area contributed by atoms with Gasteiger partial charge in [-0.05, 0) is 24.7 Å². The molecule has 0 bridgehead atoms. The Morgan fingerprint density at radius 1 is 1.29 bits per heavy atom. The van der Waals surface area contributed by atoms with Crippen LogP contribution in [0.4, 0.5) is 0 Å². The van der Waals surface area contributed by atoms with Crippen LogP contribution in [0.5, 0.6) is 0 Å². The number of hydrogen-bond acceptors (Lipinski definition) is 3. The van der Waals surface area contributed by atoms with Crippen LogP contribution in [0.15, 0.2) is 34.2 Å². The van der Waals surface area contributed by atoms with Gasteiger partial charge in [-0.25, -0.2) is 13.1 Å². The lowest BCUT2D eigenvalue weighted by atomic mass is 10.2. The van der Waals surface area contributed by atoms with Gasteiger partial charge in [-0.3, -0.25) is 4.99 Å². The summed E-state index contributed by atoms with van der Waals surface area (Å²) in [6.07, 6.45) is 1.66. The molecule has 0 aliphatic heterocycles. The van der Waals surface area contributed by atoms with Crippen molar-refractivity contribution in [1.82, 2.24) is 4.72 Å². The van der Waals surface area contributed by atoms with Gasteiger partial charge < -0.3 is 0 Å². The zero-order chi connectivity index (χ0) is 10.6. The topological polar surface area (TPSA) is 58.5 Å². The third kappa shape index (κ3) is 2.40. The van der Waals surface area contributed by atoms with Crippen molar-refractivity contribution in [3.63, 3.8) is 0 Å². The van der Waals surface area contributed by atoms with Crippen molar-refractivity contribution >= 4 is 16.2 Å². The van der Waals surface area contributed by atoms with Gasteiger partial charge in [0.05, 0.1) is 4.90 Å². The average Bonchev–Trinajstić information content (AvgIpc) is 2.19. The van der Waals surface area contributed by atoms with E-state index in [1.807, 2.05) is 0 Å². The predicted octanol–water partition coefficient (Wildman–Crippen LogP) is 0.643. The Morgan fingerprint density at radius 2 is 1.86 bits per heavy atom. The molecule has 1 aromatic rings. The minimum Gasteiger partial charge on any atom is -0.296 e. The highest BCUT2D eigenvalue weighted by atomic mass is 32.2. The normalized spacial score (nSPS) is 12.1. The Bertz CT molecular complexity index is 421. The van der Waals surface area contributed by atoms with Crippen LogP contribution in [0.2, 0.25) is 0 Å². The fourth-order valence-corrected chi connectivity index (χ4v) is 1.73. The lowest BCUT2D eigenvalue weighted by molar-refractivity contribution is 0.588. The second-order valence-corrected chi connectivity index (χ2v) is 4.55. The van der Waals surface area contributed by atoms with Crippen molar-refractivity contribution in [1.29, 1.82) is 0 Å². The Morgan fingerprint density at radius 3 is 2.29 bits per heavy atom. The molecule has 0 saturated carbocycles. The first kappa shape index (κ1) is 10.9. The summed E-state index contributed by atoms with van der Waals surface area (Å²) >= 11 is 0. The molecular formula is C9H12N2O2S. The fraction of sp³-hybridized carbons (Fsp3) is 0.222. The van der Waals surface area contributed by atoms with Gasteiger partial charge in [0.15, 0.2) is 0 Å². The molecule has 4 nitrogen and oxygen atoms in total. The molecule has 0 fully saturated rings. The van der Waals surface area contributed by atoms with Crippen LogP contribution in [0, 0.1) is 0 Å². The van der Waals surface area contributed by atoms with Crippen LogP contribution in [-0.2, 0) is 10.0 Å². The number of aliphatic imine (C=N–C) groups is 1. The molecule has 76 valence electrons. The molecular weight excluding hydrogens is 200 g/mol. The number of benzene rings is 1. The van der Waals surface area contributed by atoms with E-state index in [9.17, 15) is 8.42 Å². The van der Waals surface area contributed by atoms with Crippen molar-refractivity contribution in [3.8, 4) is 0 Å². The van der Waals surface area contributed by atoms with Crippen LogP contribution in [0.1, 0.15) is 5.56 Å². The summed E-state index contributed by atoms with van der Waals surface area (Å²) in [5, 5.41) is 0. The third-order valence-electron chi connectivity index (χ3n) is 1.74. The number of nitrogens with one attached hydrogen (secondary N) is 1. The average molecular weight is 212 g/mol. The summed E-state index contributed by atoms with van der Waals surface area (Å²) in [5.41, 5.74) is 0.877. The van der Waals surface area contributed by atoms with Gasteiger partial charge in [0.25, 0.3) is 0 Å². The zero-order valence-electron chi connectivity index (χ0n) is 8.06. The Hall–Kier alpha value is -1.20. The smallest absolute Gasteiger partial charge is 0.240 e. The predicted molar refractivity (Wildman–Crippen MR) is 56.2 cm³/mol. The first-order valence-corrected chi connectivity index (χ1v) is 5.54. The summed E-state index contributed by atoms with van der Waals surface area (Å²) in [7, 11) is -0.274. The quantitative estimate of drug-likeness (QED) is 0.748.